The quantitative estimate of drug-likeness (QED) is 0.287. The summed E-state index contributed by atoms with van der Waals surface area (Å²) >= 11 is 0. The first-order chi connectivity index (χ1) is 16.7. The van der Waals surface area contributed by atoms with Crippen LogP contribution in [0, 0.1) is 5.82 Å². The average Bonchev–Trinajstić information content (AvgIpc) is 3.30. The normalized spacial score (nSPS) is 10.7. The summed E-state index contributed by atoms with van der Waals surface area (Å²) < 4.78 is 19.4. The number of nitrogens with one attached hydrogen (secondary N) is 1. The Labute approximate surface area is 196 Å². The Morgan fingerprint density at radius 1 is 0.735 bits per heavy atom. The number of nitrogens with zero attached hydrogens (tertiary/aromatic N) is 1. The zero-order valence-corrected chi connectivity index (χ0v) is 18.2. The van der Waals surface area contributed by atoms with Crippen molar-refractivity contribution in [1.29, 1.82) is 0 Å². The standard InChI is InChI=1S/C29H21FN2O2/c30-24-13-11-23(12-14-24)27-25(21-15-17-31-18-16-21)26(28(32-27)22-9-5-2-6-10-22)29(33)34-19-20-7-3-1-4-8-20/h1-18,32H,19H2. The molecular weight excluding hydrogens is 427 g/mol. The second-order valence-corrected chi connectivity index (χ2v) is 7.80. The minimum atomic E-state index is -0.445. The van der Waals surface area contributed by atoms with Gasteiger partial charge in [-0.1, -0.05) is 60.7 Å². The minimum Gasteiger partial charge on any atom is -0.457 e. The molecule has 5 heteroatoms. The van der Waals surface area contributed by atoms with Crippen LogP contribution in [0.5, 0.6) is 0 Å². The van der Waals surface area contributed by atoms with Gasteiger partial charge in [0.1, 0.15) is 12.4 Å². The lowest BCUT2D eigenvalue weighted by Gasteiger charge is -2.10. The Balaban J connectivity index is 1.69. The maximum Gasteiger partial charge on any atom is 0.341 e. The van der Waals surface area contributed by atoms with Gasteiger partial charge in [0, 0.05) is 18.0 Å². The summed E-state index contributed by atoms with van der Waals surface area (Å²) in [5.74, 6) is -0.773. The molecule has 0 aliphatic rings. The van der Waals surface area contributed by atoms with Crippen molar-refractivity contribution in [2.75, 3.05) is 0 Å². The van der Waals surface area contributed by atoms with Crippen molar-refractivity contribution in [2.24, 2.45) is 0 Å². The first-order valence-corrected chi connectivity index (χ1v) is 10.9. The molecule has 166 valence electrons. The van der Waals surface area contributed by atoms with Crippen LogP contribution in [0.4, 0.5) is 4.39 Å². The molecule has 2 heterocycles. The maximum atomic E-state index is 13.7. The van der Waals surface area contributed by atoms with Crippen molar-refractivity contribution in [3.05, 3.63) is 126 Å². The molecule has 4 nitrogen and oxygen atoms in total. The number of pyridine rings is 1. The molecule has 0 radical (unpaired) electrons. The van der Waals surface area contributed by atoms with Gasteiger partial charge in [0.15, 0.2) is 0 Å². The Morgan fingerprint density at radius 3 is 2.03 bits per heavy atom. The molecule has 0 spiro atoms. The third-order valence-corrected chi connectivity index (χ3v) is 5.58. The molecule has 0 saturated heterocycles. The number of esters is 1. The lowest BCUT2D eigenvalue weighted by atomic mass is 9.96. The molecule has 0 amide bonds. The summed E-state index contributed by atoms with van der Waals surface area (Å²) in [4.78, 5) is 21.1. The predicted molar refractivity (Wildman–Crippen MR) is 130 cm³/mol. The lowest BCUT2D eigenvalue weighted by Crippen LogP contribution is -2.07. The van der Waals surface area contributed by atoms with E-state index in [4.69, 9.17) is 4.74 Å². The lowest BCUT2D eigenvalue weighted by molar-refractivity contribution is 0.0475. The van der Waals surface area contributed by atoms with E-state index in [0.717, 1.165) is 22.3 Å². The molecule has 3 aromatic carbocycles. The number of ether oxygens (including phenoxy) is 1. The van der Waals surface area contributed by atoms with E-state index in [-0.39, 0.29) is 12.4 Å². The summed E-state index contributed by atoms with van der Waals surface area (Å²) in [5, 5.41) is 0. The Bertz CT molecular complexity index is 1400. The zero-order valence-electron chi connectivity index (χ0n) is 18.2. The number of aromatic amines is 1. The van der Waals surface area contributed by atoms with E-state index in [1.54, 1.807) is 24.5 Å². The highest BCUT2D eigenvalue weighted by atomic mass is 19.1. The minimum absolute atomic E-state index is 0.154. The van der Waals surface area contributed by atoms with Gasteiger partial charge >= 0.3 is 5.97 Å². The number of carbonyl (C=O) groups is 1. The summed E-state index contributed by atoms with van der Waals surface area (Å²) in [6.45, 7) is 0.154. The number of rotatable bonds is 6. The largest absolute Gasteiger partial charge is 0.457 e. The molecule has 5 rings (SSSR count). The summed E-state index contributed by atoms with van der Waals surface area (Å²) in [6, 6.07) is 29.1. The molecule has 0 fully saturated rings. The number of aromatic nitrogens is 2. The SMILES string of the molecule is O=C(OCc1ccccc1)c1c(-c2ccccc2)[nH]c(-c2ccc(F)cc2)c1-c1ccncc1. The van der Waals surface area contributed by atoms with Crippen molar-refractivity contribution in [1.82, 2.24) is 9.97 Å². The molecule has 2 aromatic heterocycles. The third kappa shape index (κ3) is 4.36. The molecule has 0 aliphatic carbocycles. The van der Waals surface area contributed by atoms with Crippen LogP contribution in [0.1, 0.15) is 15.9 Å². The van der Waals surface area contributed by atoms with Gasteiger partial charge in [-0.15, -0.1) is 0 Å². The van der Waals surface area contributed by atoms with Crippen LogP contribution in [-0.2, 0) is 11.3 Å². The molecule has 0 aliphatic heterocycles. The van der Waals surface area contributed by atoms with Crippen molar-refractivity contribution < 1.29 is 13.9 Å². The molecule has 0 atom stereocenters. The van der Waals surface area contributed by atoms with Crippen LogP contribution < -0.4 is 0 Å². The van der Waals surface area contributed by atoms with Gasteiger partial charge < -0.3 is 9.72 Å². The fourth-order valence-electron chi connectivity index (χ4n) is 3.96. The molecule has 5 aromatic rings. The van der Waals surface area contributed by atoms with Crippen molar-refractivity contribution in [3.8, 4) is 33.6 Å². The van der Waals surface area contributed by atoms with E-state index in [0.29, 0.717) is 22.5 Å². The summed E-state index contributed by atoms with van der Waals surface area (Å²) in [6.07, 6.45) is 3.36. The summed E-state index contributed by atoms with van der Waals surface area (Å²) in [7, 11) is 0. The fraction of sp³-hybridized carbons (Fsp3) is 0.0345. The monoisotopic (exact) mass is 448 g/mol. The number of hydrogen-bond acceptors (Lipinski definition) is 3. The van der Waals surface area contributed by atoms with Gasteiger partial charge in [-0.3, -0.25) is 4.98 Å². The summed E-state index contributed by atoms with van der Waals surface area (Å²) in [5.41, 5.74) is 5.77. The highest BCUT2D eigenvalue weighted by Crippen LogP contribution is 2.41. The fourth-order valence-corrected chi connectivity index (χ4v) is 3.96. The topological polar surface area (TPSA) is 55.0 Å². The number of hydrogen-bond donors (Lipinski definition) is 1. The van der Waals surface area contributed by atoms with Gasteiger partial charge in [-0.2, -0.15) is 0 Å². The van der Waals surface area contributed by atoms with E-state index in [9.17, 15) is 9.18 Å². The van der Waals surface area contributed by atoms with Gasteiger partial charge in [-0.25, -0.2) is 9.18 Å². The first kappa shape index (κ1) is 21.3. The Kier molecular flexibility index (Phi) is 5.99. The number of halogens is 1. The van der Waals surface area contributed by atoms with E-state index < -0.39 is 5.97 Å². The molecule has 34 heavy (non-hydrogen) atoms. The second kappa shape index (κ2) is 9.55. The van der Waals surface area contributed by atoms with E-state index >= 15 is 0 Å². The smallest absolute Gasteiger partial charge is 0.341 e. The maximum absolute atomic E-state index is 13.7. The second-order valence-electron chi connectivity index (χ2n) is 7.80. The zero-order chi connectivity index (χ0) is 23.3. The third-order valence-electron chi connectivity index (χ3n) is 5.58. The number of H-pyrrole nitrogens is 1. The van der Waals surface area contributed by atoms with Crippen LogP contribution in [0.3, 0.4) is 0 Å². The molecule has 1 N–H and O–H groups in total. The molecule has 0 saturated carbocycles. The molecule has 0 bridgehead atoms. The average molecular weight is 448 g/mol. The van der Waals surface area contributed by atoms with Crippen LogP contribution in [-0.4, -0.2) is 15.9 Å². The van der Waals surface area contributed by atoms with E-state index in [1.165, 1.54) is 12.1 Å². The van der Waals surface area contributed by atoms with Crippen LogP contribution in [0.25, 0.3) is 33.6 Å². The van der Waals surface area contributed by atoms with Crippen molar-refractivity contribution >= 4 is 5.97 Å². The van der Waals surface area contributed by atoms with Gasteiger partial charge in [0.05, 0.1) is 17.0 Å². The van der Waals surface area contributed by atoms with Crippen LogP contribution in [0.2, 0.25) is 0 Å². The van der Waals surface area contributed by atoms with Gasteiger partial charge in [-0.05, 0) is 58.7 Å². The van der Waals surface area contributed by atoms with E-state index in [2.05, 4.69) is 9.97 Å². The Hall–Kier alpha value is -4.51. The molecular formula is C29H21FN2O2. The predicted octanol–water partition coefficient (Wildman–Crippen LogP) is 6.91. The van der Waals surface area contributed by atoms with E-state index in [1.807, 2.05) is 72.8 Å². The Morgan fingerprint density at radius 2 is 1.35 bits per heavy atom. The van der Waals surface area contributed by atoms with Crippen molar-refractivity contribution in [2.45, 2.75) is 6.61 Å². The van der Waals surface area contributed by atoms with Gasteiger partial charge in [0.2, 0.25) is 0 Å². The highest BCUT2D eigenvalue weighted by molar-refractivity contribution is 6.07. The van der Waals surface area contributed by atoms with Crippen molar-refractivity contribution in [3.63, 3.8) is 0 Å². The van der Waals surface area contributed by atoms with Gasteiger partial charge in [0.25, 0.3) is 0 Å². The number of benzene rings is 3. The van der Waals surface area contributed by atoms with Crippen LogP contribution >= 0.6 is 0 Å². The van der Waals surface area contributed by atoms with Crippen LogP contribution in [0.15, 0.2) is 109 Å². The first-order valence-electron chi connectivity index (χ1n) is 10.9. The molecule has 0 unspecified atom stereocenters. The highest BCUT2D eigenvalue weighted by Gasteiger charge is 2.27. The number of carbonyl (C=O) groups excluding carboxylic acids is 1.